The minimum atomic E-state index is -0.388. The molecule has 0 radical (unpaired) electrons. The molecule has 0 aliphatic carbocycles. The van der Waals surface area contributed by atoms with Crippen molar-refractivity contribution >= 4 is 50.8 Å². The van der Waals surface area contributed by atoms with Gasteiger partial charge in [0.25, 0.3) is 11.8 Å². The SMILES string of the molecule is CCOc1ccc(Br)cc1C(=O)NC(=S)Nc1ccc(C(=O)NCCOC)cc1. The first-order valence-electron chi connectivity index (χ1n) is 8.86. The molecule has 2 aromatic carbocycles. The largest absolute Gasteiger partial charge is 0.493 e. The number of benzene rings is 2. The van der Waals surface area contributed by atoms with Gasteiger partial charge in [0.15, 0.2) is 5.11 Å². The van der Waals surface area contributed by atoms with E-state index in [1.807, 2.05) is 6.92 Å². The summed E-state index contributed by atoms with van der Waals surface area (Å²) >= 11 is 8.57. The molecule has 3 N–H and O–H groups in total. The highest BCUT2D eigenvalue weighted by Crippen LogP contribution is 2.23. The Morgan fingerprint density at radius 3 is 2.48 bits per heavy atom. The summed E-state index contributed by atoms with van der Waals surface area (Å²) in [5.41, 5.74) is 1.52. The molecule has 0 aliphatic rings. The molecule has 9 heteroatoms. The van der Waals surface area contributed by atoms with E-state index in [-0.39, 0.29) is 16.9 Å². The normalized spacial score (nSPS) is 10.2. The average molecular weight is 480 g/mol. The molecule has 2 aromatic rings. The van der Waals surface area contributed by atoms with Crippen LogP contribution in [0.3, 0.4) is 0 Å². The zero-order valence-corrected chi connectivity index (χ0v) is 18.5. The zero-order valence-electron chi connectivity index (χ0n) is 16.1. The molecule has 0 saturated heterocycles. The summed E-state index contributed by atoms with van der Waals surface area (Å²) in [4.78, 5) is 24.5. The molecule has 0 aromatic heterocycles. The van der Waals surface area contributed by atoms with Crippen LogP contribution in [0.15, 0.2) is 46.9 Å². The number of hydrogen-bond donors (Lipinski definition) is 3. The summed E-state index contributed by atoms with van der Waals surface area (Å²) in [6, 6.07) is 11.9. The van der Waals surface area contributed by atoms with Gasteiger partial charge in [-0.05, 0) is 61.6 Å². The number of rotatable bonds is 8. The molecular weight excluding hydrogens is 458 g/mol. The van der Waals surface area contributed by atoms with Gasteiger partial charge in [-0.15, -0.1) is 0 Å². The summed E-state index contributed by atoms with van der Waals surface area (Å²) in [5, 5.41) is 8.43. The average Bonchev–Trinajstić information content (AvgIpc) is 2.70. The molecule has 0 atom stereocenters. The van der Waals surface area contributed by atoms with Crippen LogP contribution in [0.5, 0.6) is 5.75 Å². The van der Waals surface area contributed by atoms with Crippen LogP contribution in [0.4, 0.5) is 5.69 Å². The maximum Gasteiger partial charge on any atom is 0.261 e. The van der Waals surface area contributed by atoms with Gasteiger partial charge in [0, 0.05) is 29.4 Å². The lowest BCUT2D eigenvalue weighted by atomic mass is 10.2. The van der Waals surface area contributed by atoms with E-state index in [9.17, 15) is 9.59 Å². The van der Waals surface area contributed by atoms with Crippen LogP contribution in [-0.4, -0.2) is 43.8 Å². The second-order valence-corrected chi connectivity index (χ2v) is 7.13. The Balaban J connectivity index is 1.96. The predicted molar refractivity (Wildman–Crippen MR) is 120 cm³/mol. The van der Waals surface area contributed by atoms with E-state index in [4.69, 9.17) is 21.7 Å². The summed E-state index contributed by atoms with van der Waals surface area (Å²) < 4.78 is 11.1. The molecule has 0 fully saturated rings. The first-order valence-corrected chi connectivity index (χ1v) is 10.1. The van der Waals surface area contributed by atoms with Gasteiger partial charge in [0.05, 0.1) is 18.8 Å². The summed E-state index contributed by atoms with van der Waals surface area (Å²) in [6.07, 6.45) is 0. The lowest BCUT2D eigenvalue weighted by Gasteiger charge is -2.13. The Bertz CT molecular complexity index is 875. The molecule has 0 heterocycles. The van der Waals surface area contributed by atoms with Gasteiger partial charge in [-0.1, -0.05) is 15.9 Å². The van der Waals surface area contributed by atoms with Crippen LogP contribution in [0.2, 0.25) is 0 Å². The maximum absolute atomic E-state index is 12.6. The van der Waals surface area contributed by atoms with Gasteiger partial charge in [0.1, 0.15) is 5.75 Å². The molecule has 7 nitrogen and oxygen atoms in total. The molecule has 0 aliphatic heterocycles. The third-order valence-corrected chi connectivity index (χ3v) is 4.41. The molecule has 154 valence electrons. The first kappa shape index (κ1) is 22.8. The van der Waals surface area contributed by atoms with Gasteiger partial charge in [-0.25, -0.2) is 0 Å². The van der Waals surface area contributed by atoms with Gasteiger partial charge in [-0.2, -0.15) is 0 Å². The highest BCUT2D eigenvalue weighted by atomic mass is 79.9. The van der Waals surface area contributed by atoms with Gasteiger partial charge >= 0.3 is 0 Å². The highest BCUT2D eigenvalue weighted by molar-refractivity contribution is 9.10. The van der Waals surface area contributed by atoms with E-state index in [1.165, 1.54) is 0 Å². The fourth-order valence-electron chi connectivity index (χ4n) is 2.37. The van der Waals surface area contributed by atoms with Crippen LogP contribution >= 0.6 is 28.1 Å². The van der Waals surface area contributed by atoms with Crippen molar-refractivity contribution in [1.82, 2.24) is 10.6 Å². The van der Waals surface area contributed by atoms with Crippen molar-refractivity contribution in [3.05, 3.63) is 58.1 Å². The number of ether oxygens (including phenoxy) is 2. The van der Waals surface area contributed by atoms with Crippen molar-refractivity contribution in [2.75, 3.05) is 32.2 Å². The van der Waals surface area contributed by atoms with E-state index in [0.29, 0.717) is 42.3 Å². The quantitative estimate of drug-likeness (QED) is 0.397. The fourth-order valence-corrected chi connectivity index (χ4v) is 2.94. The van der Waals surface area contributed by atoms with E-state index in [0.717, 1.165) is 4.47 Å². The number of carbonyl (C=O) groups excluding carboxylic acids is 2. The summed E-state index contributed by atoms with van der Waals surface area (Å²) in [5.74, 6) is -0.108. The number of amides is 2. The Morgan fingerprint density at radius 2 is 1.83 bits per heavy atom. The smallest absolute Gasteiger partial charge is 0.261 e. The number of nitrogens with one attached hydrogen (secondary N) is 3. The van der Waals surface area contributed by atoms with Crippen molar-refractivity contribution in [2.24, 2.45) is 0 Å². The highest BCUT2D eigenvalue weighted by Gasteiger charge is 2.15. The standard InChI is InChI=1S/C20H22BrN3O4S/c1-3-28-17-9-6-14(21)12-16(17)19(26)24-20(29)23-15-7-4-13(5-8-15)18(25)22-10-11-27-2/h4-9,12H,3,10-11H2,1-2H3,(H,22,25)(H2,23,24,26,29). The fraction of sp³-hybridized carbons (Fsp3) is 0.250. The monoisotopic (exact) mass is 479 g/mol. The zero-order chi connectivity index (χ0) is 21.2. The minimum Gasteiger partial charge on any atom is -0.493 e. The lowest BCUT2D eigenvalue weighted by Crippen LogP contribution is -2.34. The van der Waals surface area contributed by atoms with Gasteiger partial charge < -0.3 is 20.1 Å². The molecule has 2 rings (SSSR count). The Kier molecular flexibility index (Phi) is 9.04. The number of anilines is 1. The number of carbonyl (C=O) groups is 2. The maximum atomic E-state index is 12.6. The van der Waals surface area contributed by atoms with E-state index < -0.39 is 0 Å². The van der Waals surface area contributed by atoms with E-state index in [1.54, 1.807) is 49.6 Å². The Hall–Kier alpha value is -2.49. The van der Waals surface area contributed by atoms with E-state index in [2.05, 4.69) is 31.9 Å². The first-order chi connectivity index (χ1) is 13.9. The second kappa shape index (κ2) is 11.5. The van der Waals surface area contributed by atoms with Crippen molar-refractivity contribution < 1.29 is 19.1 Å². The third kappa shape index (κ3) is 7.12. The Labute approximate surface area is 183 Å². The number of halogens is 1. The Morgan fingerprint density at radius 1 is 1.10 bits per heavy atom. The number of methoxy groups -OCH3 is 1. The van der Waals surface area contributed by atoms with Gasteiger partial charge in [0.2, 0.25) is 0 Å². The van der Waals surface area contributed by atoms with Crippen LogP contribution in [0.25, 0.3) is 0 Å². The van der Waals surface area contributed by atoms with Crippen LogP contribution in [0, 0.1) is 0 Å². The third-order valence-electron chi connectivity index (χ3n) is 3.71. The van der Waals surface area contributed by atoms with Crippen molar-refractivity contribution in [2.45, 2.75) is 6.92 Å². The van der Waals surface area contributed by atoms with Crippen molar-refractivity contribution in [3.8, 4) is 5.75 Å². The predicted octanol–water partition coefficient (Wildman–Crippen LogP) is 3.35. The van der Waals surface area contributed by atoms with Crippen LogP contribution < -0.4 is 20.7 Å². The molecule has 0 saturated carbocycles. The van der Waals surface area contributed by atoms with Gasteiger partial charge in [-0.3, -0.25) is 14.9 Å². The second-order valence-electron chi connectivity index (χ2n) is 5.81. The molecule has 0 unspecified atom stereocenters. The minimum absolute atomic E-state index is 0.134. The number of thiocarbonyl (C=S) groups is 1. The summed E-state index contributed by atoms with van der Waals surface area (Å²) in [6.45, 7) is 3.17. The molecule has 0 spiro atoms. The van der Waals surface area contributed by atoms with E-state index >= 15 is 0 Å². The molecular formula is C20H22BrN3O4S. The number of hydrogen-bond acceptors (Lipinski definition) is 5. The van der Waals surface area contributed by atoms with Crippen molar-refractivity contribution in [1.29, 1.82) is 0 Å². The molecule has 2 amide bonds. The lowest BCUT2D eigenvalue weighted by molar-refractivity contribution is 0.0935. The summed E-state index contributed by atoms with van der Waals surface area (Å²) in [7, 11) is 1.57. The van der Waals surface area contributed by atoms with Crippen LogP contribution in [0.1, 0.15) is 27.6 Å². The topological polar surface area (TPSA) is 88.7 Å². The van der Waals surface area contributed by atoms with Crippen LogP contribution in [-0.2, 0) is 4.74 Å². The molecule has 29 heavy (non-hydrogen) atoms. The van der Waals surface area contributed by atoms with Crippen molar-refractivity contribution in [3.63, 3.8) is 0 Å². The molecule has 0 bridgehead atoms.